The fourth-order valence-corrected chi connectivity index (χ4v) is 5.16. The topological polar surface area (TPSA) is 97.5 Å². The van der Waals surface area contributed by atoms with Gasteiger partial charge in [0.1, 0.15) is 0 Å². The summed E-state index contributed by atoms with van der Waals surface area (Å²) in [4.78, 5) is 31.5. The van der Waals surface area contributed by atoms with Gasteiger partial charge in [0.2, 0.25) is 0 Å². The molecule has 1 saturated heterocycles. The second-order valence-electron chi connectivity index (χ2n) is 9.40. The van der Waals surface area contributed by atoms with Gasteiger partial charge >= 0.3 is 0 Å². The first-order valence-corrected chi connectivity index (χ1v) is 12.6. The Hall–Kier alpha value is -3.39. The van der Waals surface area contributed by atoms with Crippen LogP contribution in [-0.4, -0.2) is 59.1 Å². The second-order valence-corrected chi connectivity index (χ2v) is 9.84. The van der Waals surface area contributed by atoms with Crippen molar-refractivity contribution in [3.8, 4) is 11.1 Å². The zero-order valence-electron chi connectivity index (χ0n) is 20.1. The third kappa shape index (κ3) is 5.09. The molecule has 4 N–H and O–H groups in total. The fourth-order valence-electron chi connectivity index (χ4n) is 4.97. The largest absolute Gasteiger partial charge is 0.390 e. The third-order valence-electron chi connectivity index (χ3n) is 6.64. The summed E-state index contributed by atoms with van der Waals surface area (Å²) in [6, 6.07) is 15.0. The molecule has 3 aromatic rings. The van der Waals surface area contributed by atoms with Crippen LogP contribution in [0.2, 0.25) is 5.02 Å². The van der Waals surface area contributed by atoms with E-state index in [9.17, 15) is 14.7 Å². The summed E-state index contributed by atoms with van der Waals surface area (Å²) in [6.45, 7) is 4.55. The summed E-state index contributed by atoms with van der Waals surface area (Å²) in [6.07, 6.45) is 3.38. The van der Waals surface area contributed by atoms with Gasteiger partial charge in [-0.1, -0.05) is 35.9 Å². The number of nitrogens with one attached hydrogen (secondary N) is 3. The highest BCUT2D eigenvalue weighted by atomic mass is 35.5. The number of aromatic amines is 1. The van der Waals surface area contributed by atoms with Crippen molar-refractivity contribution in [2.24, 2.45) is 0 Å². The van der Waals surface area contributed by atoms with Crippen LogP contribution in [0.3, 0.4) is 0 Å². The van der Waals surface area contributed by atoms with E-state index >= 15 is 0 Å². The van der Waals surface area contributed by atoms with Gasteiger partial charge in [-0.2, -0.15) is 0 Å². The van der Waals surface area contributed by atoms with Crippen LogP contribution in [0.4, 0.5) is 5.69 Å². The fraction of sp³-hybridized carbons (Fsp3) is 0.286. The lowest BCUT2D eigenvalue weighted by Crippen LogP contribution is -2.39. The Balaban J connectivity index is 1.42. The third-order valence-corrected chi connectivity index (χ3v) is 6.88. The molecule has 186 valence electrons. The minimum absolute atomic E-state index is 0.164. The van der Waals surface area contributed by atoms with Crippen molar-refractivity contribution in [2.45, 2.75) is 25.9 Å². The lowest BCUT2D eigenvalue weighted by Gasteiger charge is -2.19. The number of aliphatic hydroxyl groups excluding tert-OH is 1. The predicted molar refractivity (Wildman–Crippen MR) is 143 cm³/mol. The van der Waals surface area contributed by atoms with Crippen LogP contribution in [0.25, 0.3) is 22.8 Å². The Morgan fingerprint density at radius 2 is 1.97 bits per heavy atom. The van der Waals surface area contributed by atoms with Gasteiger partial charge in [0, 0.05) is 35.1 Å². The monoisotopic (exact) mass is 504 g/mol. The van der Waals surface area contributed by atoms with E-state index in [-0.39, 0.29) is 18.4 Å². The van der Waals surface area contributed by atoms with Gasteiger partial charge in [-0.3, -0.25) is 9.59 Å². The number of aromatic nitrogens is 1. The number of halogens is 1. The maximum atomic E-state index is 13.0. The van der Waals surface area contributed by atoms with E-state index < -0.39 is 6.10 Å². The number of anilines is 1. The Morgan fingerprint density at radius 1 is 1.19 bits per heavy atom. The summed E-state index contributed by atoms with van der Waals surface area (Å²) in [5, 5.41) is 16.8. The Labute approximate surface area is 215 Å². The Kier molecular flexibility index (Phi) is 6.96. The highest BCUT2D eigenvalue weighted by Crippen LogP contribution is 2.41. The van der Waals surface area contributed by atoms with E-state index in [0.29, 0.717) is 34.1 Å². The molecular formula is C28H29ClN4O3. The van der Waals surface area contributed by atoms with Crippen LogP contribution in [-0.2, 0) is 4.79 Å². The molecule has 2 aromatic carbocycles. The molecule has 7 nitrogen and oxygen atoms in total. The van der Waals surface area contributed by atoms with Gasteiger partial charge in [0.25, 0.3) is 11.8 Å². The van der Waals surface area contributed by atoms with Gasteiger partial charge in [-0.05, 0) is 74.3 Å². The zero-order valence-corrected chi connectivity index (χ0v) is 20.9. The summed E-state index contributed by atoms with van der Waals surface area (Å²) >= 11 is 6.23. The predicted octanol–water partition coefficient (Wildman–Crippen LogP) is 4.32. The molecule has 0 saturated carbocycles. The molecule has 1 fully saturated rings. The number of likely N-dealkylation sites (tertiary alicyclic amines) is 1. The van der Waals surface area contributed by atoms with Crippen LogP contribution in [0.15, 0.2) is 48.5 Å². The molecule has 1 unspecified atom stereocenters. The number of rotatable bonds is 7. The van der Waals surface area contributed by atoms with Gasteiger partial charge < -0.3 is 25.6 Å². The number of nitrogens with zero attached hydrogens (tertiary/aromatic N) is 1. The van der Waals surface area contributed by atoms with Crippen molar-refractivity contribution in [1.29, 1.82) is 0 Å². The molecule has 0 spiro atoms. The van der Waals surface area contributed by atoms with E-state index in [1.54, 1.807) is 12.1 Å². The van der Waals surface area contributed by atoms with Crippen LogP contribution in [0, 0.1) is 6.92 Å². The first kappa shape index (κ1) is 24.3. The van der Waals surface area contributed by atoms with Gasteiger partial charge in [0.05, 0.1) is 22.9 Å². The van der Waals surface area contributed by atoms with E-state index in [2.05, 4.69) is 20.5 Å². The van der Waals surface area contributed by atoms with Gasteiger partial charge in [-0.25, -0.2) is 0 Å². The quantitative estimate of drug-likeness (QED) is 0.360. The van der Waals surface area contributed by atoms with Crippen LogP contribution in [0.1, 0.15) is 40.2 Å². The van der Waals surface area contributed by atoms with E-state index in [0.717, 1.165) is 48.3 Å². The normalized spacial score (nSPS) is 17.3. The molecular weight excluding hydrogens is 476 g/mol. The Bertz CT molecular complexity index is 1340. The highest BCUT2D eigenvalue weighted by molar-refractivity contribution is 6.36. The second kappa shape index (κ2) is 10.3. The number of aryl methyl sites for hydroxylation is 1. The first-order chi connectivity index (χ1) is 17.4. The minimum Gasteiger partial charge on any atom is -0.390 e. The number of hydrogen-bond donors (Lipinski definition) is 4. The van der Waals surface area contributed by atoms with Crippen molar-refractivity contribution < 1.29 is 14.7 Å². The number of fused-ring (bicyclic) bond motifs is 1. The number of H-pyrrole nitrogens is 1. The van der Waals surface area contributed by atoms with Crippen molar-refractivity contribution in [3.05, 3.63) is 76.1 Å². The molecule has 2 aliphatic rings. The summed E-state index contributed by atoms with van der Waals surface area (Å²) in [7, 11) is 0. The lowest BCUT2D eigenvalue weighted by molar-refractivity contribution is -0.110. The highest BCUT2D eigenvalue weighted by Gasteiger charge is 2.28. The number of aliphatic hydroxyl groups is 1. The van der Waals surface area contributed by atoms with Crippen LogP contribution < -0.4 is 10.6 Å². The standard InChI is InChI=1S/C28H29ClN4O3/c1-17-12-22(27(35)30-15-20(34)16-33-10-2-3-11-33)25(31-17)14-23-26-21(18-6-4-7-19(29)13-18)8-5-9-24(26)32-28(23)36/h4-9,12-14,20,31,34H,2-3,10-11,15-16H2,1H3,(H,30,35)(H,32,36). The number of carbonyl (C=O) groups is 2. The summed E-state index contributed by atoms with van der Waals surface area (Å²) in [5.74, 6) is -0.535. The van der Waals surface area contributed by atoms with Crippen molar-refractivity contribution in [3.63, 3.8) is 0 Å². The van der Waals surface area contributed by atoms with Crippen molar-refractivity contribution >= 4 is 40.8 Å². The van der Waals surface area contributed by atoms with Crippen molar-refractivity contribution in [2.75, 3.05) is 31.5 Å². The molecule has 0 bridgehead atoms. The first-order valence-electron chi connectivity index (χ1n) is 12.2. The number of carbonyl (C=O) groups excluding carboxylic acids is 2. The SMILES string of the molecule is Cc1cc(C(=O)NCC(O)CN2CCCC2)c(C=C2C(=O)Nc3cccc(-c4cccc(Cl)c4)c32)[nH]1. The molecule has 0 radical (unpaired) electrons. The van der Waals surface area contributed by atoms with Gasteiger partial charge in [-0.15, -0.1) is 0 Å². The molecule has 1 atom stereocenters. The number of hydrogen-bond acceptors (Lipinski definition) is 4. The molecule has 5 rings (SSSR count). The Morgan fingerprint density at radius 3 is 2.75 bits per heavy atom. The molecule has 3 heterocycles. The summed E-state index contributed by atoms with van der Waals surface area (Å²) in [5.41, 5.74) is 5.48. The molecule has 36 heavy (non-hydrogen) atoms. The molecule has 2 aliphatic heterocycles. The van der Waals surface area contributed by atoms with Crippen molar-refractivity contribution in [1.82, 2.24) is 15.2 Å². The zero-order chi connectivity index (χ0) is 25.2. The van der Waals surface area contributed by atoms with E-state index in [4.69, 9.17) is 11.6 Å². The molecule has 0 aliphatic carbocycles. The molecule has 1 aromatic heterocycles. The number of amides is 2. The maximum Gasteiger partial charge on any atom is 0.256 e. The average Bonchev–Trinajstić information content (AvgIpc) is 3.57. The van der Waals surface area contributed by atoms with Crippen LogP contribution in [0.5, 0.6) is 0 Å². The van der Waals surface area contributed by atoms with Crippen LogP contribution >= 0.6 is 11.6 Å². The smallest absolute Gasteiger partial charge is 0.256 e. The lowest BCUT2D eigenvalue weighted by atomic mass is 9.94. The average molecular weight is 505 g/mol. The van der Waals surface area contributed by atoms with E-state index in [1.807, 2.05) is 49.4 Å². The number of benzene rings is 2. The minimum atomic E-state index is -0.637. The maximum absolute atomic E-state index is 13.0. The molecule has 2 amide bonds. The van der Waals surface area contributed by atoms with Gasteiger partial charge in [0.15, 0.2) is 0 Å². The molecule has 8 heteroatoms. The number of β-amino-alcohol motifs (C(OH)–C–C–N with tert-alkyl or cyclic N) is 1. The van der Waals surface area contributed by atoms with E-state index in [1.165, 1.54) is 0 Å². The summed E-state index contributed by atoms with van der Waals surface area (Å²) < 4.78 is 0.